The van der Waals surface area contributed by atoms with Crippen LogP contribution in [-0.4, -0.2) is 42.1 Å². The minimum absolute atomic E-state index is 0.119. The maximum atomic E-state index is 12.6. The monoisotopic (exact) mass is 444 g/mol. The molecule has 3 rings (SSSR count). The van der Waals surface area contributed by atoms with Gasteiger partial charge in [-0.3, -0.25) is 0 Å². The lowest BCUT2D eigenvalue weighted by Crippen LogP contribution is -2.27. The second kappa shape index (κ2) is 10.4. The van der Waals surface area contributed by atoms with Gasteiger partial charge in [0.1, 0.15) is 10.6 Å². The molecule has 0 spiro atoms. The molecule has 0 fully saturated rings. The average molecular weight is 445 g/mol. The van der Waals surface area contributed by atoms with Gasteiger partial charge in [0.05, 0.1) is 5.69 Å². The smallest absolute Gasteiger partial charge is 0.241 e. The van der Waals surface area contributed by atoms with E-state index in [1.54, 1.807) is 12.1 Å². The summed E-state index contributed by atoms with van der Waals surface area (Å²) in [6, 6.07) is 12.3. The van der Waals surface area contributed by atoms with Crippen LogP contribution in [0.5, 0.6) is 11.5 Å². The summed E-state index contributed by atoms with van der Waals surface area (Å²) in [6.07, 6.45) is 3.91. The summed E-state index contributed by atoms with van der Waals surface area (Å²) < 4.78 is 31.3. The van der Waals surface area contributed by atoms with Crippen LogP contribution in [0, 0.1) is 0 Å². The molecule has 9 nitrogen and oxygen atoms in total. The summed E-state index contributed by atoms with van der Waals surface area (Å²) >= 11 is 0. The SMILES string of the molecule is CCCCN(CCCC)c1cc(-c2nn[nH]n2)cc(S(N)(=O)=O)c1Oc1ccccc1. The van der Waals surface area contributed by atoms with E-state index in [9.17, 15) is 8.42 Å². The Kier molecular flexibility index (Phi) is 7.59. The van der Waals surface area contributed by atoms with Crippen molar-refractivity contribution in [3.63, 3.8) is 0 Å². The van der Waals surface area contributed by atoms with Gasteiger partial charge in [0.2, 0.25) is 15.8 Å². The van der Waals surface area contributed by atoms with Crippen molar-refractivity contribution in [2.75, 3.05) is 18.0 Å². The van der Waals surface area contributed by atoms with Gasteiger partial charge in [0, 0.05) is 18.7 Å². The minimum atomic E-state index is -4.10. The molecule has 0 atom stereocenters. The van der Waals surface area contributed by atoms with Crippen molar-refractivity contribution in [3.05, 3.63) is 42.5 Å². The molecule has 166 valence electrons. The van der Waals surface area contributed by atoms with E-state index < -0.39 is 10.0 Å². The van der Waals surface area contributed by atoms with E-state index >= 15 is 0 Å². The van der Waals surface area contributed by atoms with Crippen LogP contribution < -0.4 is 14.8 Å². The molecule has 3 N–H and O–H groups in total. The number of rotatable bonds is 11. The fourth-order valence-electron chi connectivity index (χ4n) is 3.21. The molecule has 0 bridgehead atoms. The van der Waals surface area contributed by atoms with Gasteiger partial charge in [0.25, 0.3) is 0 Å². The summed E-state index contributed by atoms with van der Waals surface area (Å²) in [5.74, 6) is 1.00. The Labute approximate surface area is 182 Å². The average Bonchev–Trinajstić information content (AvgIpc) is 3.29. The lowest BCUT2D eigenvalue weighted by Gasteiger charge is -2.28. The number of tetrazole rings is 1. The standard InChI is InChI=1S/C21H28N6O3S/c1-3-5-12-27(13-6-4-2)18-14-16(21-23-25-26-24-21)15-19(31(22,28)29)20(18)30-17-10-8-7-9-11-17/h7-11,14-15H,3-6,12-13H2,1-2H3,(H2,22,28,29)(H,23,24,25,26). The highest BCUT2D eigenvalue weighted by atomic mass is 32.2. The zero-order chi connectivity index (χ0) is 22.3. The molecule has 3 aromatic rings. The van der Waals surface area contributed by atoms with Crippen LogP contribution in [0.2, 0.25) is 0 Å². The number of aromatic nitrogens is 4. The molecular formula is C21H28N6O3S. The first-order chi connectivity index (χ1) is 14.9. The van der Waals surface area contributed by atoms with Gasteiger partial charge in [0.15, 0.2) is 5.75 Å². The first-order valence-corrected chi connectivity index (χ1v) is 11.9. The zero-order valence-electron chi connectivity index (χ0n) is 17.8. The van der Waals surface area contributed by atoms with E-state index in [0.29, 0.717) is 17.0 Å². The molecule has 0 aliphatic carbocycles. The van der Waals surface area contributed by atoms with E-state index in [4.69, 9.17) is 9.88 Å². The molecule has 0 aliphatic heterocycles. The zero-order valence-corrected chi connectivity index (χ0v) is 18.6. The van der Waals surface area contributed by atoms with Crippen molar-refractivity contribution in [2.45, 2.75) is 44.4 Å². The molecule has 10 heteroatoms. The lowest BCUT2D eigenvalue weighted by molar-refractivity contribution is 0.465. The third kappa shape index (κ3) is 5.80. The molecule has 0 amide bonds. The Hall–Kier alpha value is -2.98. The first kappa shape index (κ1) is 22.7. The number of unbranched alkanes of at least 4 members (excludes halogenated alkanes) is 2. The highest BCUT2D eigenvalue weighted by Crippen LogP contribution is 2.41. The van der Waals surface area contributed by atoms with Crippen LogP contribution in [0.25, 0.3) is 11.4 Å². The summed E-state index contributed by atoms with van der Waals surface area (Å²) in [5, 5.41) is 19.6. The van der Waals surface area contributed by atoms with Gasteiger partial charge in [-0.05, 0) is 42.3 Å². The number of sulfonamides is 1. The van der Waals surface area contributed by atoms with E-state index in [0.717, 1.165) is 38.8 Å². The number of H-pyrrole nitrogens is 1. The van der Waals surface area contributed by atoms with Crippen LogP contribution in [0.15, 0.2) is 47.4 Å². The van der Waals surface area contributed by atoms with Gasteiger partial charge in [-0.15, -0.1) is 10.2 Å². The first-order valence-electron chi connectivity index (χ1n) is 10.4. The predicted molar refractivity (Wildman–Crippen MR) is 120 cm³/mol. The molecule has 2 aromatic carbocycles. The number of nitrogens with two attached hydrogens (primary N) is 1. The Morgan fingerprint density at radius 3 is 2.29 bits per heavy atom. The van der Waals surface area contributed by atoms with E-state index in [1.165, 1.54) is 6.07 Å². The lowest BCUT2D eigenvalue weighted by atomic mass is 10.1. The summed E-state index contributed by atoms with van der Waals surface area (Å²) in [7, 11) is -4.10. The molecule has 0 saturated heterocycles. The summed E-state index contributed by atoms with van der Waals surface area (Å²) in [5.41, 5.74) is 1.13. The minimum Gasteiger partial charge on any atom is -0.454 e. The van der Waals surface area contributed by atoms with Crippen LogP contribution >= 0.6 is 0 Å². The van der Waals surface area contributed by atoms with E-state index in [2.05, 4.69) is 39.4 Å². The highest BCUT2D eigenvalue weighted by Gasteiger charge is 2.25. The van der Waals surface area contributed by atoms with Crippen molar-refractivity contribution in [1.29, 1.82) is 0 Å². The van der Waals surface area contributed by atoms with Crippen molar-refractivity contribution in [3.8, 4) is 22.9 Å². The number of aromatic amines is 1. The van der Waals surface area contributed by atoms with Gasteiger partial charge in [-0.25, -0.2) is 13.6 Å². The number of benzene rings is 2. The van der Waals surface area contributed by atoms with Crippen LogP contribution in [-0.2, 0) is 10.0 Å². The Bertz CT molecular complexity index is 1060. The Balaban J connectivity index is 2.22. The summed E-state index contributed by atoms with van der Waals surface area (Å²) in [6.45, 7) is 5.73. The second-order valence-electron chi connectivity index (χ2n) is 7.21. The molecule has 0 radical (unpaired) electrons. The fourth-order valence-corrected chi connectivity index (χ4v) is 3.90. The topological polar surface area (TPSA) is 127 Å². The number of hydrogen-bond acceptors (Lipinski definition) is 7. The number of ether oxygens (including phenoxy) is 1. The molecule has 0 unspecified atom stereocenters. The molecule has 0 aliphatic rings. The van der Waals surface area contributed by atoms with Crippen molar-refractivity contribution in [1.82, 2.24) is 20.6 Å². The highest BCUT2D eigenvalue weighted by molar-refractivity contribution is 7.89. The number of nitrogens with one attached hydrogen (secondary N) is 1. The van der Waals surface area contributed by atoms with Crippen LogP contribution in [0.3, 0.4) is 0 Å². The van der Waals surface area contributed by atoms with E-state index in [-0.39, 0.29) is 16.5 Å². The van der Waals surface area contributed by atoms with Crippen LogP contribution in [0.4, 0.5) is 5.69 Å². The quantitative estimate of drug-likeness (QED) is 0.461. The van der Waals surface area contributed by atoms with Gasteiger partial charge in [-0.2, -0.15) is 5.21 Å². The third-order valence-corrected chi connectivity index (χ3v) is 5.73. The largest absolute Gasteiger partial charge is 0.454 e. The summed E-state index contributed by atoms with van der Waals surface area (Å²) in [4.78, 5) is 2.02. The van der Waals surface area contributed by atoms with Gasteiger partial charge >= 0.3 is 0 Å². The third-order valence-electron chi connectivity index (χ3n) is 4.81. The Morgan fingerprint density at radius 1 is 1.06 bits per heavy atom. The van der Waals surface area contributed by atoms with Crippen molar-refractivity contribution >= 4 is 15.7 Å². The van der Waals surface area contributed by atoms with Crippen molar-refractivity contribution < 1.29 is 13.2 Å². The maximum Gasteiger partial charge on any atom is 0.241 e. The van der Waals surface area contributed by atoms with Gasteiger partial charge < -0.3 is 9.64 Å². The number of primary sulfonamides is 1. The normalized spacial score (nSPS) is 11.5. The fraction of sp³-hybridized carbons (Fsp3) is 0.381. The number of anilines is 1. The number of nitrogens with zero attached hydrogens (tertiary/aromatic N) is 4. The number of para-hydroxylation sites is 1. The molecule has 1 aromatic heterocycles. The van der Waals surface area contributed by atoms with Gasteiger partial charge in [-0.1, -0.05) is 44.9 Å². The van der Waals surface area contributed by atoms with Crippen molar-refractivity contribution in [2.24, 2.45) is 5.14 Å². The Morgan fingerprint density at radius 2 is 1.74 bits per heavy atom. The molecular weight excluding hydrogens is 416 g/mol. The second-order valence-corrected chi connectivity index (χ2v) is 8.74. The maximum absolute atomic E-state index is 12.6. The van der Waals surface area contributed by atoms with E-state index in [1.807, 2.05) is 24.3 Å². The molecule has 1 heterocycles. The number of hydrogen-bond donors (Lipinski definition) is 2. The molecule has 0 saturated carbocycles. The predicted octanol–water partition coefficient (Wildman–Crippen LogP) is 3.71. The van der Waals surface area contributed by atoms with Crippen LogP contribution in [0.1, 0.15) is 39.5 Å². The molecule has 31 heavy (non-hydrogen) atoms.